The number of rotatable bonds is 5. The average molecular weight is 198 g/mol. The normalized spacial score (nSPS) is 9.93. The van der Waals surface area contributed by atoms with E-state index in [1.807, 2.05) is 13.8 Å². The van der Waals surface area contributed by atoms with Crippen LogP contribution in [0.15, 0.2) is 6.07 Å². The third-order valence-electron chi connectivity index (χ3n) is 1.52. The van der Waals surface area contributed by atoms with Crippen molar-refractivity contribution in [3.05, 3.63) is 11.8 Å². The molecule has 0 bridgehead atoms. The second kappa shape index (κ2) is 5.39. The van der Waals surface area contributed by atoms with Crippen LogP contribution in [0, 0.1) is 0 Å². The van der Waals surface area contributed by atoms with Crippen molar-refractivity contribution in [3.8, 4) is 11.6 Å². The molecule has 14 heavy (non-hydrogen) atoms. The van der Waals surface area contributed by atoms with Crippen molar-refractivity contribution >= 4 is 0 Å². The molecule has 0 fully saturated rings. The quantitative estimate of drug-likeness (QED) is 0.756. The van der Waals surface area contributed by atoms with Crippen LogP contribution in [0.25, 0.3) is 0 Å². The Kier molecular flexibility index (Phi) is 4.12. The second-order valence-electron chi connectivity index (χ2n) is 2.53. The van der Waals surface area contributed by atoms with Crippen LogP contribution in [0.1, 0.15) is 19.5 Å². The van der Waals surface area contributed by atoms with E-state index in [2.05, 4.69) is 10.2 Å². The van der Waals surface area contributed by atoms with Gasteiger partial charge in [-0.25, -0.2) is 0 Å². The highest BCUT2D eigenvalue weighted by Gasteiger charge is 2.08. The first-order chi connectivity index (χ1) is 6.81. The maximum Gasteiger partial charge on any atom is 0.276 e. The number of nitrogens with zero attached hydrogens (tertiary/aromatic N) is 2. The van der Waals surface area contributed by atoms with Gasteiger partial charge in [0.2, 0.25) is 0 Å². The number of ether oxygens (including phenoxy) is 2. The molecule has 0 saturated carbocycles. The van der Waals surface area contributed by atoms with Gasteiger partial charge < -0.3 is 14.6 Å². The van der Waals surface area contributed by atoms with Gasteiger partial charge in [-0.1, -0.05) is 0 Å². The molecule has 0 radical (unpaired) electrons. The Labute approximate surface area is 82.7 Å². The zero-order valence-corrected chi connectivity index (χ0v) is 8.36. The Bertz CT molecular complexity index is 291. The van der Waals surface area contributed by atoms with Crippen LogP contribution >= 0.6 is 0 Å². The summed E-state index contributed by atoms with van der Waals surface area (Å²) in [6.07, 6.45) is 0. The first-order valence-corrected chi connectivity index (χ1v) is 4.54. The molecule has 0 aliphatic heterocycles. The predicted molar refractivity (Wildman–Crippen MR) is 50.3 cm³/mol. The van der Waals surface area contributed by atoms with E-state index in [4.69, 9.17) is 14.6 Å². The van der Waals surface area contributed by atoms with Crippen molar-refractivity contribution in [1.82, 2.24) is 10.2 Å². The molecule has 1 N–H and O–H groups in total. The maximum absolute atomic E-state index is 8.85. The van der Waals surface area contributed by atoms with Crippen LogP contribution in [0.3, 0.4) is 0 Å². The third kappa shape index (κ3) is 2.56. The molecular formula is C9H14N2O3. The van der Waals surface area contributed by atoms with Gasteiger partial charge in [0, 0.05) is 6.07 Å². The molecule has 5 heteroatoms. The molecule has 0 saturated heterocycles. The Balaban J connectivity index is 2.91. The van der Waals surface area contributed by atoms with Crippen LogP contribution < -0.4 is 9.47 Å². The lowest BCUT2D eigenvalue weighted by Gasteiger charge is -2.09. The van der Waals surface area contributed by atoms with Crippen LogP contribution in [-0.4, -0.2) is 28.5 Å². The average Bonchev–Trinajstić information content (AvgIpc) is 2.21. The summed E-state index contributed by atoms with van der Waals surface area (Å²) in [4.78, 5) is 0. The lowest BCUT2D eigenvalue weighted by Crippen LogP contribution is -2.03. The van der Waals surface area contributed by atoms with Crippen LogP contribution in [0.4, 0.5) is 0 Å². The number of hydrogen-bond donors (Lipinski definition) is 1. The zero-order chi connectivity index (χ0) is 10.4. The minimum atomic E-state index is -0.153. The van der Waals surface area contributed by atoms with Gasteiger partial charge in [-0.3, -0.25) is 0 Å². The molecule has 5 nitrogen and oxygen atoms in total. The minimum Gasteiger partial charge on any atom is -0.488 e. The summed E-state index contributed by atoms with van der Waals surface area (Å²) in [5.41, 5.74) is 0.469. The molecule has 0 amide bonds. The molecule has 0 aromatic carbocycles. The van der Waals surface area contributed by atoms with E-state index in [1.54, 1.807) is 6.07 Å². The predicted octanol–water partition coefficient (Wildman–Crippen LogP) is 0.766. The lowest BCUT2D eigenvalue weighted by molar-refractivity contribution is 0.258. The molecule has 0 aliphatic carbocycles. The molecule has 1 rings (SSSR count). The summed E-state index contributed by atoms with van der Waals surface area (Å²) < 4.78 is 10.5. The summed E-state index contributed by atoms with van der Waals surface area (Å²) in [7, 11) is 0. The van der Waals surface area contributed by atoms with Gasteiger partial charge in [0.15, 0.2) is 5.75 Å². The smallest absolute Gasteiger partial charge is 0.276 e. The van der Waals surface area contributed by atoms with Crippen molar-refractivity contribution in [2.75, 3.05) is 13.2 Å². The number of hydrogen-bond acceptors (Lipinski definition) is 5. The van der Waals surface area contributed by atoms with E-state index < -0.39 is 0 Å². The zero-order valence-electron chi connectivity index (χ0n) is 8.36. The largest absolute Gasteiger partial charge is 0.488 e. The van der Waals surface area contributed by atoms with E-state index in [1.165, 1.54) is 0 Å². The molecule has 1 heterocycles. The molecule has 0 spiro atoms. The molecule has 0 atom stereocenters. The second-order valence-corrected chi connectivity index (χ2v) is 2.53. The van der Waals surface area contributed by atoms with E-state index >= 15 is 0 Å². The van der Waals surface area contributed by atoms with Gasteiger partial charge in [-0.05, 0) is 13.8 Å². The van der Waals surface area contributed by atoms with Crippen molar-refractivity contribution in [2.45, 2.75) is 20.5 Å². The molecule has 1 aromatic heterocycles. The minimum absolute atomic E-state index is 0.153. The van der Waals surface area contributed by atoms with Gasteiger partial charge in [0.05, 0.1) is 25.5 Å². The fourth-order valence-electron chi connectivity index (χ4n) is 0.974. The molecule has 78 valence electrons. The Morgan fingerprint density at radius 3 is 2.50 bits per heavy atom. The highest BCUT2D eigenvalue weighted by atomic mass is 16.5. The topological polar surface area (TPSA) is 64.5 Å². The van der Waals surface area contributed by atoms with Gasteiger partial charge in [-0.2, -0.15) is 0 Å². The number of aliphatic hydroxyl groups is 1. The highest BCUT2D eigenvalue weighted by molar-refractivity contribution is 5.33. The number of aliphatic hydroxyl groups excluding tert-OH is 1. The Hall–Kier alpha value is -1.36. The lowest BCUT2D eigenvalue weighted by atomic mass is 10.4. The van der Waals surface area contributed by atoms with Crippen molar-refractivity contribution in [1.29, 1.82) is 0 Å². The SMILES string of the molecule is CCOc1cc(CO)nnc1OCC. The maximum atomic E-state index is 8.85. The van der Waals surface area contributed by atoms with Crippen molar-refractivity contribution in [3.63, 3.8) is 0 Å². The van der Waals surface area contributed by atoms with E-state index in [-0.39, 0.29) is 6.61 Å². The molecular weight excluding hydrogens is 184 g/mol. The van der Waals surface area contributed by atoms with Crippen LogP contribution in [-0.2, 0) is 6.61 Å². The first kappa shape index (κ1) is 10.7. The van der Waals surface area contributed by atoms with Crippen molar-refractivity contribution < 1.29 is 14.6 Å². The summed E-state index contributed by atoms with van der Waals surface area (Å²) in [5.74, 6) is 0.889. The van der Waals surface area contributed by atoms with E-state index in [0.717, 1.165) is 0 Å². The van der Waals surface area contributed by atoms with Crippen LogP contribution in [0.5, 0.6) is 11.6 Å². The fraction of sp³-hybridized carbons (Fsp3) is 0.556. The molecule has 0 aliphatic rings. The summed E-state index contributed by atoms with van der Waals surface area (Å²) in [6, 6.07) is 1.63. The van der Waals surface area contributed by atoms with Crippen molar-refractivity contribution in [2.24, 2.45) is 0 Å². The summed E-state index contributed by atoms with van der Waals surface area (Å²) >= 11 is 0. The molecule has 1 aromatic rings. The highest BCUT2D eigenvalue weighted by Crippen LogP contribution is 2.23. The third-order valence-corrected chi connectivity index (χ3v) is 1.52. The van der Waals surface area contributed by atoms with Gasteiger partial charge in [0.25, 0.3) is 5.88 Å². The first-order valence-electron chi connectivity index (χ1n) is 4.54. The van der Waals surface area contributed by atoms with E-state index in [0.29, 0.717) is 30.5 Å². The Morgan fingerprint density at radius 1 is 1.21 bits per heavy atom. The van der Waals surface area contributed by atoms with Gasteiger partial charge in [-0.15, -0.1) is 10.2 Å². The summed E-state index contributed by atoms with van der Waals surface area (Å²) in [6.45, 7) is 4.61. The van der Waals surface area contributed by atoms with Gasteiger partial charge in [0.1, 0.15) is 0 Å². The monoisotopic (exact) mass is 198 g/mol. The number of aromatic nitrogens is 2. The fourth-order valence-corrected chi connectivity index (χ4v) is 0.974. The molecule has 0 unspecified atom stereocenters. The van der Waals surface area contributed by atoms with E-state index in [9.17, 15) is 0 Å². The Morgan fingerprint density at radius 2 is 1.93 bits per heavy atom. The van der Waals surface area contributed by atoms with Gasteiger partial charge >= 0.3 is 0 Å². The summed E-state index contributed by atoms with van der Waals surface area (Å²) in [5, 5.41) is 16.4. The standard InChI is InChI=1S/C9H14N2O3/c1-3-13-8-5-7(6-12)10-11-9(8)14-4-2/h5,12H,3-4,6H2,1-2H3. The van der Waals surface area contributed by atoms with Crippen LogP contribution in [0.2, 0.25) is 0 Å².